The van der Waals surface area contributed by atoms with E-state index in [1.165, 1.54) is 29.5 Å². The second kappa shape index (κ2) is 5.56. The van der Waals surface area contributed by atoms with Crippen LogP contribution in [0.5, 0.6) is 5.75 Å². The lowest BCUT2D eigenvalue weighted by Gasteiger charge is -2.08. The van der Waals surface area contributed by atoms with Crippen molar-refractivity contribution in [3.8, 4) is 5.75 Å². The van der Waals surface area contributed by atoms with Crippen molar-refractivity contribution in [3.63, 3.8) is 0 Å². The van der Waals surface area contributed by atoms with Crippen molar-refractivity contribution in [3.05, 3.63) is 50.5 Å². The van der Waals surface area contributed by atoms with Crippen molar-refractivity contribution < 1.29 is 14.8 Å². The van der Waals surface area contributed by atoms with Gasteiger partial charge in [-0.15, -0.1) is 11.3 Å². The highest BCUT2D eigenvalue weighted by atomic mass is 32.1. The average molecular weight is 266 g/mol. The number of hydrogen-bond acceptors (Lipinski definition) is 6. The molecule has 6 nitrogen and oxygen atoms in total. The third-order valence-electron chi connectivity index (χ3n) is 2.28. The summed E-state index contributed by atoms with van der Waals surface area (Å²) in [5, 5.41) is 21.6. The van der Waals surface area contributed by atoms with Crippen LogP contribution in [-0.2, 0) is 13.2 Å². The second-order valence-corrected chi connectivity index (χ2v) is 4.19. The molecule has 1 aromatic carbocycles. The Hall–Kier alpha value is -1.99. The van der Waals surface area contributed by atoms with Gasteiger partial charge in [-0.3, -0.25) is 10.1 Å². The molecule has 0 saturated carbocycles. The zero-order valence-corrected chi connectivity index (χ0v) is 10.1. The summed E-state index contributed by atoms with van der Waals surface area (Å²) in [6, 6.07) is 4.13. The highest BCUT2D eigenvalue weighted by Gasteiger charge is 2.11. The molecule has 1 heterocycles. The first-order valence-electron chi connectivity index (χ1n) is 5.08. The van der Waals surface area contributed by atoms with E-state index in [2.05, 4.69) is 4.98 Å². The van der Waals surface area contributed by atoms with Gasteiger partial charge in [0.05, 0.1) is 22.7 Å². The number of benzene rings is 1. The Morgan fingerprint density at radius 3 is 2.94 bits per heavy atom. The number of thiazole rings is 1. The van der Waals surface area contributed by atoms with E-state index in [4.69, 9.17) is 9.84 Å². The molecule has 7 heteroatoms. The van der Waals surface area contributed by atoms with E-state index >= 15 is 0 Å². The molecule has 0 aliphatic rings. The van der Waals surface area contributed by atoms with Crippen molar-refractivity contribution in [2.45, 2.75) is 13.2 Å². The Labute approximate surface area is 107 Å². The maximum Gasteiger partial charge on any atom is 0.270 e. The topological polar surface area (TPSA) is 85.5 Å². The summed E-state index contributed by atoms with van der Waals surface area (Å²) in [7, 11) is 0. The molecule has 0 atom stereocenters. The quantitative estimate of drug-likeness (QED) is 0.661. The van der Waals surface area contributed by atoms with Crippen molar-refractivity contribution in [2.24, 2.45) is 0 Å². The van der Waals surface area contributed by atoms with Crippen LogP contribution in [0.4, 0.5) is 5.69 Å². The lowest BCUT2D eigenvalue weighted by molar-refractivity contribution is -0.385. The predicted molar refractivity (Wildman–Crippen MR) is 65.5 cm³/mol. The van der Waals surface area contributed by atoms with E-state index in [0.717, 1.165) is 5.69 Å². The van der Waals surface area contributed by atoms with E-state index in [9.17, 15) is 10.1 Å². The highest BCUT2D eigenvalue weighted by molar-refractivity contribution is 7.07. The molecule has 2 rings (SSSR count). The van der Waals surface area contributed by atoms with Crippen LogP contribution >= 0.6 is 11.3 Å². The molecule has 18 heavy (non-hydrogen) atoms. The van der Waals surface area contributed by atoms with Crippen LogP contribution in [0, 0.1) is 10.1 Å². The number of hydrogen-bond donors (Lipinski definition) is 1. The van der Waals surface area contributed by atoms with Crippen LogP contribution in [0.15, 0.2) is 29.1 Å². The number of non-ortho nitro benzene ring substituents is 1. The minimum absolute atomic E-state index is 0.0694. The van der Waals surface area contributed by atoms with Crippen LogP contribution in [0.3, 0.4) is 0 Å². The number of aromatic nitrogens is 1. The number of nitrogens with zero attached hydrogens (tertiary/aromatic N) is 2. The monoisotopic (exact) mass is 266 g/mol. The summed E-state index contributed by atoms with van der Waals surface area (Å²) in [5.41, 5.74) is 2.79. The molecule has 0 fully saturated rings. The fourth-order valence-corrected chi connectivity index (χ4v) is 1.95. The maximum atomic E-state index is 10.6. The lowest BCUT2D eigenvalue weighted by Crippen LogP contribution is -2.00. The predicted octanol–water partition coefficient (Wildman–Crippen LogP) is 2.12. The third-order valence-corrected chi connectivity index (χ3v) is 2.92. The molecular formula is C11H10N2O4S. The number of aliphatic hydroxyl groups is 1. The average Bonchev–Trinajstić information content (AvgIpc) is 2.89. The zero-order chi connectivity index (χ0) is 13.0. The van der Waals surface area contributed by atoms with Crippen molar-refractivity contribution in [1.82, 2.24) is 4.98 Å². The third kappa shape index (κ3) is 2.82. The summed E-state index contributed by atoms with van der Waals surface area (Å²) in [6.07, 6.45) is 0. The molecule has 1 N–H and O–H groups in total. The van der Waals surface area contributed by atoms with Crippen molar-refractivity contribution >= 4 is 17.0 Å². The Bertz CT molecular complexity index is 542. The van der Waals surface area contributed by atoms with Crippen molar-refractivity contribution in [1.29, 1.82) is 0 Å². The molecule has 0 radical (unpaired) electrons. The zero-order valence-electron chi connectivity index (χ0n) is 9.28. The van der Waals surface area contributed by atoms with Crippen LogP contribution in [-0.4, -0.2) is 15.0 Å². The first-order chi connectivity index (χ1) is 8.70. The largest absolute Gasteiger partial charge is 0.487 e. The molecule has 0 spiro atoms. The fraction of sp³-hybridized carbons (Fsp3) is 0.182. The summed E-state index contributed by atoms with van der Waals surface area (Å²) in [4.78, 5) is 14.1. The van der Waals surface area contributed by atoms with Gasteiger partial charge in [-0.05, 0) is 6.07 Å². The number of ether oxygens (including phenoxy) is 1. The first-order valence-corrected chi connectivity index (χ1v) is 6.03. The van der Waals surface area contributed by atoms with Crippen LogP contribution in [0.1, 0.15) is 11.3 Å². The Morgan fingerprint density at radius 1 is 1.50 bits per heavy atom. The van der Waals surface area contributed by atoms with E-state index in [-0.39, 0.29) is 18.9 Å². The Balaban J connectivity index is 2.14. The van der Waals surface area contributed by atoms with Gasteiger partial charge in [-0.1, -0.05) is 0 Å². The van der Waals surface area contributed by atoms with Gasteiger partial charge in [-0.25, -0.2) is 4.98 Å². The maximum absolute atomic E-state index is 10.6. The minimum Gasteiger partial charge on any atom is -0.487 e. The lowest BCUT2D eigenvalue weighted by atomic mass is 10.2. The molecule has 0 bridgehead atoms. The summed E-state index contributed by atoms with van der Waals surface area (Å²) >= 11 is 1.46. The molecule has 0 unspecified atom stereocenters. The van der Waals surface area contributed by atoms with Gasteiger partial charge in [-0.2, -0.15) is 0 Å². The summed E-state index contributed by atoms with van der Waals surface area (Å²) in [5.74, 6) is 0.427. The van der Waals surface area contributed by atoms with Gasteiger partial charge in [0.2, 0.25) is 0 Å². The summed E-state index contributed by atoms with van der Waals surface area (Å²) in [6.45, 7) is -0.0393. The van der Waals surface area contributed by atoms with E-state index in [1.807, 2.05) is 5.38 Å². The van der Waals surface area contributed by atoms with Crippen LogP contribution < -0.4 is 4.74 Å². The Kier molecular flexibility index (Phi) is 3.85. The number of nitro benzene ring substituents is 1. The molecule has 0 saturated heterocycles. The smallest absolute Gasteiger partial charge is 0.270 e. The number of aliphatic hydroxyl groups excluding tert-OH is 1. The van der Waals surface area contributed by atoms with Gasteiger partial charge in [0, 0.05) is 23.1 Å². The van der Waals surface area contributed by atoms with Gasteiger partial charge in [0.15, 0.2) is 0 Å². The van der Waals surface area contributed by atoms with Gasteiger partial charge >= 0.3 is 0 Å². The minimum atomic E-state index is -0.511. The SMILES string of the molecule is O=[N+]([O-])c1ccc(OCc2cscn2)c(CO)c1. The molecular weight excluding hydrogens is 256 g/mol. The van der Waals surface area contributed by atoms with E-state index in [0.29, 0.717) is 11.3 Å². The van der Waals surface area contributed by atoms with E-state index in [1.54, 1.807) is 5.51 Å². The van der Waals surface area contributed by atoms with Crippen molar-refractivity contribution in [2.75, 3.05) is 0 Å². The summed E-state index contributed by atoms with van der Waals surface area (Å²) < 4.78 is 5.47. The molecule has 94 valence electrons. The van der Waals surface area contributed by atoms with Crippen LogP contribution in [0.25, 0.3) is 0 Å². The molecule has 0 aliphatic heterocycles. The Morgan fingerprint density at radius 2 is 2.33 bits per heavy atom. The number of rotatable bonds is 5. The molecule has 1 aromatic heterocycles. The van der Waals surface area contributed by atoms with Gasteiger partial charge in [0.25, 0.3) is 5.69 Å². The highest BCUT2D eigenvalue weighted by Crippen LogP contribution is 2.25. The molecule has 2 aromatic rings. The van der Waals surface area contributed by atoms with Crippen LogP contribution in [0.2, 0.25) is 0 Å². The molecule has 0 amide bonds. The van der Waals surface area contributed by atoms with E-state index < -0.39 is 4.92 Å². The van der Waals surface area contributed by atoms with Gasteiger partial charge in [0.1, 0.15) is 12.4 Å². The normalized spacial score (nSPS) is 10.3. The second-order valence-electron chi connectivity index (χ2n) is 3.48. The first kappa shape index (κ1) is 12.5. The fourth-order valence-electron chi connectivity index (χ4n) is 1.40. The standard InChI is InChI=1S/C11H10N2O4S/c14-4-8-3-10(13(15)16)1-2-11(8)17-5-9-6-18-7-12-9/h1-3,6-7,14H,4-5H2. The molecule has 0 aliphatic carbocycles. The van der Waals surface area contributed by atoms with Gasteiger partial charge < -0.3 is 9.84 Å². The number of nitro groups is 1.